The minimum atomic E-state index is -0.685. The van der Waals surface area contributed by atoms with E-state index in [9.17, 15) is 14.9 Å². The largest absolute Gasteiger partial charge is 0.496 e. The summed E-state index contributed by atoms with van der Waals surface area (Å²) < 4.78 is 5.21. The van der Waals surface area contributed by atoms with Crippen LogP contribution in [0.2, 0.25) is 0 Å². The summed E-state index contributed by atoms with van der Waals surface area (Å²) in [6.45, 7) is 0. The van der Waals surface area contributed by atoms with Crippen LogP contribution in [0, 0.1) is 11.3 Å². The lowest BCUT2D eigenvalue weighted by Gasteiger charge is -2.13. The molecule has 5 heteroatoms. The third-order valence-corrected chi connectivity index (χ3v) is 3.35. The van der Waals surface area contributed by atoms with Crippen molar-refractivity contribution in [3.63, 3.8) is 0 Å². The summed E-state index contributed by atoms with van der Waals surface area (Å²) in [5.74, 6) is -1.13. The summed E-state index contributed by atoms with van der Waals surface area (Å²) in [7, 11) is 1.51. The van der Waals surface area contributed by atoms with E-state index in [-0.39, 0.29) is 6.42 Å². The van der Waals surface area contributed by atoms with Crippen LogP contribution >= 0.6 is 0 Å². The highest BCUT2D eigenvalue weighted by molar-refractivity contribution is 6.04. The molecule has 0 bridgehead atoms. The average molecular weight is 308 g/mol. The van der Waals surface area contributed by atoms with Gasteiger partial charge in [-0.05, 0) is 18.2 Å². The normalized spacial score (nSPS) is 11.1. The van der Waals surface area contributed by atoms with Crippen LogP contribution in [0.3, 0.4) is 0 Å². The Balaban J connectivity index is 2.06. The minimum Gasteiger partial charge on any atom is -0.496 e. The van der Waals surface area contributed by atoms with Crippen LogP contribution in [-0.4, -0.2) is 18.9 Å². The SMILES string of the molecule is COc1ccccc1C(C#N)CC(=O)NC(=O)c1ccccc1. The molecule has 5 nitrogen and oxygen atoms in total. The molecule has 23 heavy (non-hydrogen) atoms. The summed E-state index contributed by atoms with van der Waals surface area (Å²) in [6.07, 6.45) is -0.116. The molecule has 2 rings (SSSR count). The summed E-state index contributed by atoms with van der Waals surface area (Å²) in [5, 5.41) is 11.6. The van der Waals surface area contributed by atoms with Crippen LogP contribution in [0.5, 0.6) is 5.75 Å². The maximum absolute atomic E-state index is 12.0. The molecule has 0 aromatic heterocycles. The van der Waals surface area contributed by atoms with Gasteiger partial charge in [-0.25, -0.2) is 0 Å². The number of nitrogens with one attached hydrogen (secondary N) is 1. The fraction of sp³-hybridized carbons (Fsp3) is 0.167. The molecule has 1 unspecified atom stereocenters. The zero-order valence-electron chi connectivity index (χ0n) is 12.7. The Hall–Kier alpha value is -3.13. The fourth-order valence-corrected chi connectivity index (χ4v) is 2.20. The standard InChI is InChI=1S/C18H16N2O3/c1-23-16-10-6-5-9-15(16)14(12-19)11-17(21)20-18(22)13-7-3-2-4-8-13/h2-10,14H,11H2,1H3,(H,20,21,22). The Morgan fingerprint density at radius 3 is 2.43 bits per heavy atom. The second kappa shape index (κ2) is 7.76. The van der Waals surface area contributed by atoms with Gasteiger partial charge in [0, 0.05) is 17.5 Å². The van der Waals surface area contributed by atoms with Crippen LogP contribution in [0.4, 0.5) is 0 Å². The third-order valence-electron chi connectivity index (χ3n) is 3.35. The molecule has 1 atom stereocenters. The Labute approximate surface area is 134 Å². The first-order valence-corrected chi connectivity index (χ1v) is 7.07. The van der Waals surface area contributed by atoms with Gasteiger partial charge in [0.15, 0.2) is 0 Å². The Kier molecular flexibility index (Phi) is 5.48. The molecule has 2 aromatic rings. The predicted molar refractivity (Wildman–Crippen MR) is 84.9 cm³/mol. The van der Waals surface area contributed by atoms with Crippen molar-refractivity contribution in [3.05, 3.63) is 65.7 Å². The first-order chi connectivity index (χ1) is 11.2. The van der Waals surface area contributed by atoms with Gasteiger partial charge in [-0.3, -0.25) is 14.9 Å². The molecule has 0 fully saturated rings. The van der Waals surface area contributed by atoms with Gasteiger partial charge in [-0.2, -0.15) is 5.26 Å². The second-order valence-corrected chi connectivity index (χ2v) is 4.87. The Morgan fingerprint density at radius 1 is 1.13 bits per heavy atom. The molecule has 2 aromatic carbocycles. The first kappa shape index (κ1) is 16.2. The van der Waals surface area contributed by atoms with Gasteiger partial charge in [0.1, 0.15) is 5.75 Å². The molecule has 0 aliphatic rings. The fourth-order valence-electron chi connectivity index (χ4n) is 2.20. The van der Waals surface area contributed by atoms with Crippen molar-refractivity contribution >= 4 is 11.8 Å². The molecule has 0 saturated heterocycles. The number of nitriles is 1. The Bertz CT molecular complexity index is 735. The molecule has 0 heterocycles. The number of carbonyl (C=O) groups is 2. The van der Waals surface area contributed by atoms with Crippen LogP contribution in [0.15, 0.2) is 54.6 Å². The molecule has 116 valence electrons. The maximum atomic E-state index is 12.0. The summed E-state index contributed by atoms with van der Waals surface area (Å²) >= 11 is 0. The molecule has 0 spiro atoms. The number of rotatable bonds is 5. The van der Waals surface area contributed by atoms with Crippen molar-refractivity contribution in [2.45, 2.75) is 12.3 Å². The molecule has 0 saturated carbocycles. The van der Waals surface area contributed by atoms with E-state index in [1.54, 1.807) is 54.6 Å². The average Bonchev–Trinajstić information content (AvgIpc) is 2.60. The van der Waals surface area contributed by atoms with Crippen LogP contribution in [0.25, 0.3) is 0 Å². The lowest BCUT2D eigenvalue weighted by atomic mass is 9.96. The number of carbonyl (C=O) groups excluding carboxylic acids is 2. The quantitative estimate of drug-likeness (QED) is 0.921. The zero-order chi connectivity index (χ0) is 16.7. The van der Waals surface area contributed by atoms with E-state index in [1.807, 2.05) is 0 Å². The lowest BCUT2D eigenvalue weighted by Crippen LogP contribution is -2.31. The van der Waals surface area contributed by atoms with Crippen LogP contribution in [-0.2, 0) is 4.79 Å². The molecular weight excluding hydrogens is 292 g/mol. The summed E-state index contributed by atoms with van der Waals surface area (Å²) in [5.41, 5.74) is 1.02. The lowest BCUT2D eigenvalue weighted by molar-refractivity contribution is -0.120. The van der Waals surface area contributed by atoms with Crippen molar-refractivity contribution < 1.29 is 14.3 Å². The summed E-state index contributed by atoms with van der Waals surface area (Å²) in [4.78, 5) is 24.0. The highest BCUT2D eigenvalue weighted by Crippen LogP contribution is 2.28. The van der Waals surface area contributed by atoms with Gasteiger partial charge < -0.3 is 4.74 Å². The number of hydrogen-bond acceptors (Lipinski definition) is 4. The third kappa shape index (κ3) is 4.17. The van der Waals surface area contributed by atoms with Crippen molar-refractivity contribution in [2.75, 3.05) is 7.11 Å². The monoisotopic (exact) mass is 308 g/mol. The van der Waals surface area contributed by atoms with Gasteiger partial charge >= 0.3 is 0 Å². The molecule has 2 amide bonds. The van der Waals surface area contributed by atoms with E-state index in [4.69, 9.17) is 4.74 Å². The van der Waals surface area contributed by atoms with Crippen LogP contribution < -0.4 is 10.1 Å². The topological polar surface area (TPSA) is 79.2 Å². The number of hydrogen-bond donors (Lipinski definition) is 1. The molecule has 0 aliphatic heterocycles. The van der Waals surface area contributed by atoms with E-state index < -0.39 is 17.7 Å². The number of benzene rings is 2. The number of nitrogens with zero attached hydrogens (tertiary/aromatic N) is 1. The Morgan fingerprint density at radius 2 is 1.78 bits per heavy atom. The highest BCUT2D eigenvalue weighted by atomic mass is 16.5. The number of amides is 2. The van der Waals surface area contributed by atoms with Crippen molar-refractivity contribution in [1.82, 2.24) is 5.32 Å². The second-order valence-electron chi connectivity index (χ2n) is 4.87. The zero-order valence-corrected chi connectivity index (χ0v) is 12.7. The van der Waals surface area contributed by atoms with E-state index in [0.29, 0.717) is 16.9 Å². The molecular formula is C18H16N2O3. The first-order valence-electron chi connectivity index (χ1n) is 7.07. The number of ether oxygens (including phenoxy) is 1. The highest BCUT2D eigenvalue weighted by Gasteiger charge is 2.20. The number of para-hydroxylation sites is 1. The predicted octanol–water partition coefficient (Wildman–Crippen LogP) is 2.65. The van der Waals surface area contributed by atoms with Crippen molar-refractivity contribution in [1.29, 1.82) is 5.26 Å². The molecule has 1 N–H and O–H groups in total. The van der Waals surface area contributed by atoms with Gasteiger partial charge in [-0.15, -0.1) is 0 Å². The van der Waals surface area contributed by atoms with Gasteiger partial charge in [0.25, 0.3) is 5.91 Å². The molecule has 0 radical (unpaired) electrons. The van der Waals surface area contributed by atoms with Gasteiger partial charge in [0.2, 0.25) is 5.91 Å². The number of imide groups is 1. The van der Waals surface area contributed by atoms with Crippen molar-refractivity contribution in [3.8, 4) is 11.8 Å². The van der Waals surface area contributed by atoms with Gasteiger partial charge in [0.05, 0.1) is 19.1 Å². The number of methoxy groups -OCH3 is 1. The van der Waals surface area contributed by atoms with E-state index >= 15 is 0 Å². The maximum Gasteiger partial charge on any atom is 0.257 e. The smallest absolute Gasteiger partial charge is 0.257 e. The molecule has 0 aliphatic carbocycles. The van der Waals surface area contributed by atoms with E-state index in [2.05, 4.69) is 11.4 Å². The van der Waals surface area contributed by atoms with Crippen molar-refractivity contribution in [2.24, 2.45) is 0 Å². The minimum absolute atomic E-state index is 0.116. The van der Waals surface area contributed by atoms with Gasteiger partial charge in [-0.1, -0.05) is 36.4 Å². The van der Waals surface area contributed by atoms with E-state index in [0.717, 1.165) is 0 Å². The summed E-state index contributed by atoms with van der Waals surface area (Å²) in [6, 6.07) is 17.6. The van der Waals surface area contributed by atoms with Crippen LogP contribution in [0.1, 0.15) is 28.3 Å². The van der Waals surface area contributed by atoms with E-state index in [1.165, 1.54) is 7.11 Å².